The van der Waals surface area contributed by atoms with Crippen LogP contribution in [0.1, 0.15) is 23.7 Å². The number of hydrogen-bond acceptors (Lipinski definition) is 3. The van der Waals surface area contributed by atoms with Gasteiger partial charge < -0.3 is 9.47 Å². The molecule has 0 fully saturated rings. The van der Waals surface area contributed by atoms with Crippen LogP contribution in [0.3, 0.4) is 0 Å². The van der Waals surface area contributed by atoms with Crippen molar-refractivity contribution in [2.45, 2.75) is 13.3 Å². The van der Waals surface area contributed by atoms with E-state index >= 15 is 0 Å². The van der Waals surface area contributed by atoms with E-state index in [2.05, 4.69) is 22.6 Å². The normalized spacial score (nSPS) is 10.2. The predicted molar refractivity (Wildman–Crippen MR) is 71.2 cm³/mol. The van der Waals surface area contributed by atoms with Crippen molar-refractivity contribution in [3.05, 3.63) is 27.3 Å². The van der Waals surface area contributed by atoms with Crippen molar-refractivity contribution < 1.29 is 14.3 Å². The molecule has 0 aliphatic carbocycles. The fraction of sp³-hybridized carbons (Fsp3) is 0.417. The van der Waals surface area contributed by atoms with Crippen molar-refractivity contribution in [1.82, 2.24) is 0 Å². The van der Waals surface area contributed by atoms with Crippen LogP contribution >= 0.6 is 22.6 Å². The first kappa shape index (κ1) is 13.4. The molecule has 0 radical (unpaired) electrons. The zero-order valence-corrected chi connectivity index (χ0v) is 11.6. The van der Waals surface area contributed by atoms with Crippen molar-refractivity contribution >= 4 is 28.4 Å². The maximum Gasteiger partial charge on any atom is 0.163 e. The number of ketones is 1. The van der Waals surface area contributed by atoms with E-state index in [1.54, 1.807) is 20.1 Å². The number of hydrogen-bond donors (Lipinski definition) is 0. The lowest BCUT2D eigenvalue weighted by Gasteiger charge is -2.09. The maximum absolute atomic E-state index is 11.4. The average molecular weight is 334 g/mol. The lowest BCUT2D eigenvalue weighted by Crippen LogP contribution is -2.05. The lowest BCUT2D eigenvalue weighted by molar-refractivity contribution is 0.101. The van der Waals surface area contributed by atoms with Gasteiger partial charge in [-0.1, -0.05) is 0 Å². The van der Waals surface area contributed by atoms with Gasteiger partial charge in [0.15, 0.2) is 5.78 Å². The van der Waals surface area contributed by atoms with Gasteiger partial charge in [0.05, 0.1) is 12.2 Å². The molecule has 0 saturated carbocycles. The highest BCUT2D eigenvalue weighted by Crippen LogP contribution is 2.22. The second-order valence-corrected chi connectivity index (χ2v) is 4.64. The number of methoxy groups -OCH3 is 1. The molecule has 3 nitrogen and oxygen atoms in total. The van der Waals surface area contributed by atoms with Crippen LogP contribution in [0.25, 0.3) is 0 Å². The van der Waals surface area contributed by atoms with E-state index < -0.39 is 0 Å². The van der Waals surface area contributed by atoms with E-state index in [-0.39, 0.29) is 5.78 Å². The number of Topliss-reactive ketones (excluding diaryl/α,β-unsaturated/α-hetero) is 1. The Morgan fingerprint density at radius 2 is 2.12 bits per heavy atom. The van der Waals surface area contributed by atoms with Crippen LogP contribution in [-0.2, 0) is 4.74 Å². The van der Waals surface area contributed by atoms with Crippen molar-refractivity contribution in [2.75, 3.05) is 20.3 Å². The van der Waals surface area contributed by atoms with Crippen LogP contribution in [0, 0.1) is 3.57 Å². The van der Waals surface area contributed by atoms with Gasteiger partial charge in [-0.2, -0.15) is 0 Å². The first-order valence-electron chi connectivity index (χ1n) is 5.07. The van der Waals surface area contributed by atoms with Gasteiger partial charge in [-0.25, -0.2) is 0 Å². The molecule has 0 N–H and O–H groups in total. The monoisotopic (exact) mass is 334 g/mol. The molecular weight excluding hydrogens is 319 g/mol. The molecule has 0 amide bonds. The Morgan fingerprint density at radius 1 is 1.38 bits per heavy atom. The van der Waals surface area contributed by atoms with Gasteiger partial charge in [0.1, 0.15) is 5.75 Å². The number of carbonyl (C=O) groups excluding carboxylic acids is 1. The number of ether oxygens (including phenoxy) is 2. The summed E-state index contributed by atoms with van der Waals surface area (Å²) in [5, 5.41) is 0. The van der Waals surface area contributed by atoms with E-state index in [0.717, 1.165) is 9.99 Å². The van der Waals surface area contributed by atoms with Crippen LogP contribution in [-0.4, -0.2) is 26.1 Å². The molecule has 0 unspecified atom stereocenters. The molecule has 16 heavy (non-hydrogen) atoms. The van der Waals surface area contributed by atoms with Gasteiger partial charge in [0.25, 0.3) is 0 Å². The molecule has 1 aromatic carbocycles. The van der Waals surface area contributed by atoms with E-state index in [1.165, 1.54) is 0 Å². The predicted octanol–water partition coefficient (Wildman–Crippen LogP) is 2.91. The zero-order chi connectivity index (χ0) is 12.0. The third-order valence-electron chi connectivity index (χ3n) is 2.07. The summed E-state index contributed by atoms with van der Waals surface area (Å²) in [6.07, 6.45) is 0.819. The van der Waals surface area contributed by atoms with Crippen LogP contribution < -0.4 is 4.74 Å². The molecule has 0 aliphatic rings. The SMILES string of the molecule is COCCCOc1cc(I)ccc1C(C)=O. The molecule has 0 heterocycles. The van der Waals surface area contributed by atoms with Crippen molar-refractivity contribution in [3.8, 4) is 5.75 Å². The number of rotatable bonds is 6. The first-order chi connectivity index (χ1) is 7.65. The van der Waals surface area contributed by atoms with Crippen molar-refractivity contribution in [1.29, 1.82) is 0 Å². The molecule has 0 spiro atoms. The fourth-order valence-corrected chi connectivity index (χ4v) is 1.75. The largest absolute Gasteiger partial charge is 0.493 e. The van der Waals surface area contributed by atoms with Crippen molar-refractivity contribution in [3.63, 3.8) is 0 Å². The van der Waals surface area contributed by atoms with Crippen molar-refractivity contribution in [2.24, 2.45) is 0 Å². The lowest BCUT2D eigenvalue weighted by atomic mass is 10.1. The second-order valence-electron chi connectivity index (χ2n) is 3.39. The minimum atomic E-state index is 0.0261. The molecule has 4 heteroatoms. The van der Waals surface area contributed by atoms with Gasteiger partial charge in [0, 0.05) is 23.7 Å². The van der Waals surface area contributed by atoms with Gasteiger partial charge in [-0.05, 0) is 47.7 Å². The summed E-state index contributed by atoms with van der Waals surface area (Å²) in [5.74, 6) is 0.689. The van der Waals surface area contributed by atoms with Gasteiger partial charge in [-0.15, -0.1) is 0 Å². The molecule has 0 aromatic heterocycles. The fourth-order valence-electron chi connectivity index (χ4n) is 1.29. The summed E-state index contributed by atoms with van der Waals surface area (Å²) in [4.78, 5) is 11.4. The van der Waals surface area contributed by atoms with Crippen LogP contribution in [0.4, 0.5) is 0 Å². The standard InChI is InChI=1S/C12H15IO3/c1-9(14)11-5-4-10(13)8-12(11)16-7-3-6-15-2/h4-5,8H,3,6-7H2,1-2H3. The Labute approximate surface area is 109 Å². The molecule has 0 aliphatic heterocycles. The summed E-state index contributed by atoms with van der Waals surface area (Å²) in [7, 11) is 1.66. The summed E-state index contributed by atoms with van der Waals surface area (Å²) in [5.41, 5.74) is 0.637. The highest BCUT2D eigenvalue weighted by molar-refractivity contribution is 14.1. The topological polar surface area (TPSA) is 35.5 Å². The first-order valence-corrected chi connectivity index (χ1v) is 6.15. The highest BCUT2D eigenvalue weighted by atomic mass is 127. The molecule has 0 atom stereocenters. The van der Waals surface area contributed by atoms with Gasteiger partial charge >= 0.3 is 0 Å². The third-order valence-corrected chi connectivity index (χ3v) is 2.74. The number of benzene rings is 1. The summed E-state index contributed by atoms with van der Waals surface area (Å²) in [6, 6.07) is 5.58. The molecule has 1 aromatic rings. The third kappa shape index (κ3) is 4.09. The highest BCUT2D eigenvalue weighted by Gasteiger charge is 2.08. The number of carbonyl (C=O) groups is 1. The van der Waals surface area contributed by atoms with Crippen LogP contribution in [0.2, 0.25) is 0 Å². The maximum atomic E-state index is 11.4. The van der Waals surface area contributed by atoms with E-state index in [0.29, 0.717) is 24.5 Å². The molecule has 1 rings (SSSR count). The van der Waals surface area contributed by atoms with E-state index in [9.17, 15) is 4.79 Å². The van der Waals surface area contributed by atoms with E-state index in [1.807, 2.05) is 12.1 Å². The molecular formula is C12H15IO3. The quantitative estimate of drug-likeness (QED) is 0.456. The average Bonchev–Trinajstić information content (AvgIpc) is 2.24. The summed E-state index contributed by atoms with van der Waals surface area (Å²) >= 11 is 2.20. The Bertz CT molecular complexity index is 363. The Morgan fingerprint density at radius 3 is 2.75 bits per heavy atom. The van der Waals surface area contributed by atoms with Gasteiger partial charge in [-0.3, -0.25) is 4.79 Å². The smallest absolute Gasteiger partial charge is 0.163 e. The summed E-state index contributed by atoms with van der Waals surface area (Å²) in [6.45, 7) is 2.78. The van der Waals surface area contributed by atoms with E-state index in [4.69, 9.17) is 9.47 Å². The Hall–Kier alpha value is -0.620. The second kappa shape index (κ2) is 6.85. The minimum absolute atomic E-state index is 0.0261. The van der Waals surface area contributed by atoms with Crippen LogP contribution in [0.15, 0.2) is 18.2 Å². The molecule has 88 valence electrons. The number of halogens is 1. The Balaban J connectivity index is 2.68. The Kier molecular flexibility index (Phi) is 5.76. The zero-order valence-electron chi connectivity index (χ0n) is 9.46. The summed E-state index contributed by atoms with van der Waals surface area (Å²) < 4.78 is 11.6. The molecule has 0 saturated heterocycles. The van der Waals surface area contributed by atoms with Crippen LogP contribution in [0.5, 0.6) is 5.75 Å². The molecule has 0 bridgehead atoms. The minimum Gasteiger partial charge on any atom is -0.493 e. The van der Waals surface area contributed by atoms with Gasteiger partial charge in [0.2, 0.25) is 0 Å².